The second kappa shape index (κ2) is 9.42. The third kappa shape index (κ3) is 4.85. The number of hydrogen-bond acceptors (Lipinski definition) is 6. The van der Waals surface area contributed by atoms with Crippen LogP contribution < -0.4 is 4.90 Å². The molecule has 0 spiro atoms. The second-order valence-corrected chi connectivity index (χ2v) is 6.32. The summed E-state index contributed by atoms with van der Waals surface area (Å²) in [5, 5.41) is 10.9. The number of carbonyl (C=O) groups excluding carboxylic acids is 2. The molecular weight excluding hydrogens is 386 g/mol. The Bertz CT molecular complexity index is 1030. The van der Waals surface area contributed by atoms with Crippen LogP contribution in [0.4, 0.5) is 11.4 Å². The average Bonchev–Trinajstić information content (AvgIpc) is 2.78. The van der Waals surface area contributed by atoms with Crippen molar-refractivity contribution in [3.8, 4) is 0 Å². The van der Waals surface area contributed by atoms with E-state index in [2.05, 4.69) is 4.98 Å². The van der Waals surface area contributed by atoms with Crippen LogP contribution >= 0.6 is 0 Å². The van der Waals surface area contributed by atoms with Crippen LogP contribution in [0.25, 0.3) is 0 Å². The van der Waals surface area contributed by atoms with Gasteiger partial charge in [-0.25, -0.2) is 4.79 Å². The quantitative estimate of drug-likeness (QED) is 0.334. The summed E-state index contributed by atoms with van der Waals surface area (Å²) in [4.78, 5) is 41.0. The summed E-state index contributed by atoms with van der Waals surface area (Å²) in [7, 11) is 0. The number of aromatic nitrogens is 1. The van der Waals surface area contributed by atoms with Crippen LogP contribution in [0.3, 0.4) is 0 Å². The van der Waals surface area contributed by atoms with Gasteiger partial charge in [-0.15, -0.1) is 0 Å². The Kier molecular flexibility index (Phi) is 6.49. The molecule has 2 aromatic carbocycles. The number of carbonyl (C=O) groups is 2. The Morgan fingerprint density at radius 2 is 1.57 bits per heavy atom. The Morgan fingerprint density at radius 1 is 0.967 bits per heavy atom. The van der Waals surface area contributed by atoms with Gasteiger partial charge >= 0.3 is 5.97 Å². The van der Waals surface area contributed by atoms with Gasteiger partial charge in [0, 0.05) is 35.8 Å². The van der Waals surface area contributed by atoms with E-state index >= 15 is 0 Å². The number of non-ortho nitro benzene ring substituents is 1. The highest BCUT2D eigenvalue weighted by Gasteiger charge is 2.20. The highest BCUT2D eigenvalue weighted by atomic mass is 16.6. The van der Waals surface area contributed by atoms with Crippen molar-refractivity contribution >= 4 is 23.3 Å². The predicted octanol–water partition coefficient (Wildman–Crippen LogP) is 4.01. The molecule has 0 unspecified atom stereocenters. The molecule has 1 amide bonds. The summed E-state index contributed by atoms with van der Waals surface area (Å²) in [6.45, 7) is 2.26. The normalized spacial score (nSPS) is 10.3. The molecule has 30 heavy (non-hydrogen) atoms. The third-order valence-electron chi connectivity index (χ3n) is 4.35. The van der Waals surface area contributed by atoms with Crippen molar-refractivity contribution in [2.75, 3.05) is 11.5 Å². The molecular formula is C22H19N3O5. The van der Waals surface area contributed by atoms with Crippen LogP contribution in [0.15, 0.2) is 73.1 Å². The Hall–Kier alpha value is -4.07. The SMILES string of the molecule is CCOC(=O)c1ccc(N(Cc2ccncc2)C(=O)c2ccc([N+](=O)[O-])cc2)cc1. The van der Waals surface area contributed by atoms with Crippen LogP contribution in [0, 0.1) is 10.1 Å². The van der Waals surface area contributed by atoms with E-state index in [0.29, 0.717) is 16.8 Å². The summed E-state index contributed by atoms with van der Waals surface area (Å²) >= 11 is 0. The predicted molar refractivity (Wildman–Crippen MR) is 110 cm³/mol. The number of nitrogens with zero attached hydrogens (tertiary/aromatic N) is 3. The van der Waals surface area contributed by atoms with E-state index in [1.807, 2.05) is 0 Å². The molecule has 1 aromatic heterocycles. The highest BCUT2D eigenvalue weighted by Crippen LogP contribution is 2.22. The number of nitro groups is 1. The Labute approximate surface area is 172 Å². The van der Waals surface area contributed by atoms with Gasteiger partial charge in [0.1, 0.15) is 0 Å². The van der Waals surface area contributed by atoms with Gasteiger partial charge in [-0.1, -0.05) is 0 Å². The molecule has 3 rings (SSSR count). The maximum atomic E-state index is 13.2. The molecule has 8 heteroatoms. The zero-order valence-electron chi connectivity index (χ0n) is 16.2. The van der Waals surface area contributed by atoms with Crippen LogP contribution in [0.2, 0.25) is 0 Å². The van der Waals surface area contributed by atoms with Crippen molar-refractivity contribution in [1.82, 2.24) is 4.98 Å². The molecule has 0 bridgehead atoms. The van der Waals surface area contributed by atoms with Gasteiger partial charge in [0.2, 0.25) is 0 Å². The molecule has 3 aromatic rings. The third-order valence-corrected chi connectivity index (χ3v) is 4.35. The fraction of sp³-hybridized carbons (Fsp3) is 0.136. The standard InChI is InChI=1S/C22H19N3O5/c1-2-30-22(27)18-5-7-19(8-6-18)24(15-16-11-13-23-14-12-16)21(26)17-3-9-20(10-4-17)25(28)29/h3-14H,2,15H2,1H3. The summed E-state index contributed by atoms with van der Waals surface area (Å²) in [6, 6.07) is 15.5. The number of ether oxygens (including phenoxy) is 1. The molecule has 0 saturated carbocycles. The van der Waals surface area contributed by atoms with Crippen molar-refractivity contribution in [3.05, 3.63) is 99.9 Å². The molecule has 0 fully saturated rings. The van der Waals surface area contributed by atoms with E-state index in [1.54, 1.807) is 55.7 Å². The minimum Gasteiger partial charge on any atom is -0.462 e. The van der Waals surface area contributed by atoms with Gasteiger partial charge in [-0.05, 0) is 61.0 Å². The molecule has 152 valence electrons. The number of anilines is 1. The van der Waals surface area contributed by atoms with Gasteiger partial charge in [0.15, 0.2) is 0 Å². The zero-order valence-corrected chi connectivity index (χ0v) is 16.2. The minimum atomic E-state index is -0.517. The first kappa shape index (κ1) is 20.7. The lowest BCUT2D eigenvalue weighted by atomic mass is 10.1. The lowest BCUT2D eigenvalue weighted by Gasteiger charge is -2.23. The van der Waals surface area contributed by atoms with Gasteiger partial charge in [-0.2, -0.15) is 0 Å². The highest BCUT2D eigenvalue weighted by molar-refractivity contribution is 6.06. The van der Waals surface area contributed by atoms with Gasteiger partial charge in [0.05, 0.1) is 23.6 Å². The van der Waals surface area contributed by atoms with E-state index in [9.17, 15) is 19.7 Å². The molecule has 0 radical (unpaired) electrons. The molecule has 0 aliphatic rings. The number of esters is 1. The van der Waals surface area contributed by atoms with E-state index in [-0.39, 0.29) is 24.7 Å². The molecule has 0 aliphatic carbocycles. The maximum Gasteiger partial charge on any atom is 0.338 e. The number of amides is 1. The molecule has 0 N–H and O–H groups in total. The smallest absolute Gasteiger partial charge is 0.338 e. The van der Waals surface area contributed by atoms with Crippen LogP contribution in [0.5, 0.6) is 0 Å². The van der Waals surface area contributed by atoms with E-state index in [0.717, 1.165) is 5.56 Å². The molecule has 1 heterocycles. The average molecular weight is 405 g/mol. The van der Waals surface area contributed by atoms with E-state index in [4.69, 9.17) is 4.74 Å². The van der Waals surface area contributed by atoms with Gasteiger partial charge < -0.3 is 9.64 Å². The van der Waals surface area contributed by atoms with Crippen LogP contribution in [0.1, 0.15) is 33.2 Å². The number of hydrogen-bond donors (Lipinski definition) is 0. The first-order valence-corrected chi connectivity index (χ1v) is 9.22. The summed E-state index contributed by atoms with van der Waals surface area (Å²) in [5.74, 6) is -0.767. The van der Waals surface area contributed by atoms with Crippen LogP contribution in [-0.4, -0.2) is 28.4 Å². The summed E-state index contributed by atoms with van der Waals surface area (Å²) < 4.78 is 4.99. The largest absolute Gasteiger partial charge is 0.462 e. The fourth-order valence-electron chi connectivity index (χ4n) is 2.82. The number of pyridine rings is 1. The first-order valence-electron chi connectivity index (χ1n) is 9.22. The van der Waals surface area contributed by atoms with Gasteiger partial charge in [-0.3, -0.25) is 19.9 Å². The molecule has 8 nitrogen and oxygen atoms in total. The number of nitro benzene ring substituents is 1. The maximum absolute atomic E-state index is 13.2. The fourth-order valence-corrected chi connectivity index (χ4v) is 2.82. The Morgan fingerprint density at radius 3 is 2.13 bits per heavy atom. The van der Waals surface area contributed by atoms with E-state index in [1.165, 1.54) is 29.2 Å². The number of benzene rings is 2. The topological polar surface area (TPSA) is 103 Å². The molecule has 0 atom stereocenters. The van der Waals surface area contributed by atoms with Crippen molar-refractivity contribution in [2.45, 2.75) is 13.5 Å². The van der Waals surface area contributed by atoms with Crippen molar-refractivity contribution in [1.29, 1.82) is 0 Å². The summed E-state index contributed by atoms with van der Waals surface area (Å²) in [6.07, 6.45) is 3.27. The number of rotatable bonds is 7. The zero-order chi connectivity index (χ0) is 21.5. The monoisotopic (exact) mass is 405 g/mol. The summed E-state index contributed by atoms with van der Waals surface area (Å²) in [5.41, 5.74) is 2.03. The lowest BCUT2D eigenvalue weighted by Crippen LogP contribution is -2.30. The molecule has 0 saturated heterocycles. The second-order valence-electron chi connectivity index (χ2n) is 6.32. The van der Waals surface area contributed by atoms with Crippen molar-refractivity contribution < 1.29 is 19.2 Å². The van der Waals surface area contributed by atoms with Crippen molar-refractivity contribution in [3.63, 3.8) is 0 Å². The van der Waals surface area contributed by atoms with E-state index < -0.39 is 10.9 Å². The van der Waals surface area contributed by atoms with Crippen molar-refractivity contribution in [2.24, 2.45) is 0 Å². The first-order chi connectivity index (χ1) is 14.5. The Balaban J connectivity index is 1.92. The van der Waals surface area contributed by atoms with Gasteiger partial charge in [0.25, 0.3) is 11.6 Å². The van der Waals surface area contributed by atoms with Crippen LogP contribution in [-0.2, 0) is 11.3 Å². The minimum absolute atomic E-state index is 0.0916. The molecule has 0 aliphatic heterocycles. The lowest BCUT2D eigenvalue weighted by molar-refractivity contribution is -0.384.